The van der Waals surface area contributed by atoms with Crippen LogP contribution in [0, 0.1) is 29.6 Å². The molecule has 2 aromatic carbocycles. The van der Waals surface area contributed by atoms with Crippen molar-refractivity contribution in [2.24, 2.45) is 29.6 Å². The molecule has 0 saturated heterocycles. The molecule has 1 aliphatic heterocycles. The summed E-state index contributed by atoms with van der Waals surface area (Å²) >= 11 is 2.18. The highest BCUT2D eigenvalue weighted by Gasteiger charge is 2.45. The lowest BCUT2D eigenvalue weighted by Gasteiger charge is -2.40. The highest BCUT2D eigenvalue weighted by atomic mass is 32.2. The molecule has 5 aliphatic carbocycles. The molecule has 0 bridgehead atoms. The van der Waals surface area contributed by atoms with E-state index in [4.69, 9.17) is 0 Å². The van der Waals surface area contributed by atoms with Crippen molar-refractivity contribution >= 4 is 22.9 Å². The van der Waals surface area contributed by atoms with Gasteiger partial charge in [-0.15, -0.1) is 11.8 Å². The summed E-state index contributed by atoms with van der Waals surface area (Å²) < 4.78 is 0. The van der Waals surface area contributed by atoms with E-state index in [1.165, 1.54) is 48.1 Å². The molecule has 2 aromatic rings. The fourth-order valence-electron chi connectivity index (χ4n) is 8.28. The Morgan fingerprint density at radius 1 is 0.789 bits per heavy atom. The van der Waals surface area contributed by atoms with Crippen LogP contribution in [0.15, 0.2) is 102 Å². The van der Waals surface area contributed by atoms with Crippen LogP contribution in [0.5, 0.6) is 0 Å². The Morgan fingerprint density at radius 3 is 2.50 bits per heavy atom. The van der Waals surface area contributed by atoms with E-state index in [0.717, 1.165) is 6.42 Å². The topological polar surface area (TPSA) is 0 Å². The Balaban J connectivity index is 1.32. The summed E-state index contributed by atoms with van der Waals surface area (Å²) in [5, 5.41) is 3.60. The third kappa shape index (κ3) is 3.58. The third-order valence-electron chi connectivity index (χ3n) is 10.00. The average Bonchev–Trinajstić information content (AvgIpc) is 3.34. The molecular formula is C37H36S. The van der Waals surface area contributed by atoms with Crippen molar-refractivity contribution in [2.45, 2.75) is 50.7 Å². The number of rotatable bonds is 2. The first-order valence-corrected chi connectivity index (χ1v) is 15.7. The molecule has 0 spiro atoms. The Kier molecular flexibility index (Phi) is 5.58. The minimum Gasteiger partial charge on any atom is -0.121 e. The maximum atomic E-state index is 2.55. The number of hydrogen-bond acceptors (Lipinski definition) is 1. The smallest absolute Gasteiger partial charge is 0.0264 e. The molecule has 1 heteroatoms. The number of hydrogen-bond donors (Lipinski definition) is 0. The number of benzene rings is 2. The van der Waals surface area contributed by atoms with E-state index in [9.17, 15) is 0 Å². The highest BCUT2D eigenvalue weighted by Crippen LogP contribution is 2.56. The maximum Gasteiger partial charge on any atom is 0.0264 e. The largest absolute Gasteiger partial charge is 0.121 e. The van der Waals surface area contributed by atoms with Crippen LogP contribution >= 0.6 is 11.8 Å². The summed E-state index contributed by atoms with van der Waals surface area (Å²) in [6.45, 7) is 2.37. The zero-order chi connectivity index (χ0) is 25.2. The zero-order valence-electron chi connectivity index (χ0n) is 22.3. The molecule has 0 aromatic heterocycles. The molecule has 0 radical (unpaired) electrons. The molecule has 0 amide bonds. The lowest BCUT2D eigenvalue weighted by atomic mass is 9.65. The molecule has 190 valence electrons. The molecule has 6 aliphatic rings. The van der Waals surface area contributed by atoms with Gasteiger partial charge in [0.2, 0.25) is 0 Å². The minimum atomic E-state index is 0.407. The van der Waals surface area contributed by atoms with Gasteiger partial charge in [0.1, 0.15) is 0 Å². The summed E-state index contributed by atoms with van der Waals surface area (Å²) in [5.74, 6) is 2.66. The molecule has 0 N–H and O–H groups in total. The molecule has 0 saturated carbocycles. The van der Waals surface area contributed by atoms with Gasteiger partial charge in [0, 0.05) is 27.9 Å². The lowest BCUT2D eigenvalue weighted by molar-refractivity contribution is 0.486. The van der Waals surface area contributed by atoms with Crippen molar-refractivity contribution < 1.29 is 0 Å². The van der Waals surface area contributed by atoms with E-state index >= 15 is 0 Å². The molecule has 38 heavy (non-hydrogen) atoms. The van der Waals surface area contributed by atoms with Crippen molar-refractivity contribution in [3.05, 3.63) is 129 Å². The van der Waals surface area contributed by atoms with E-state index in [1.807, 2.05) is 0 Å². The first kappa shape index (κ1) is 23.1. The Hall–Kier alpha value is -2.77. The van der Waals surface area contributed by atoms with Crippen molar-refractivity contribution in [1.82, 2.24) is 0 Å². The van der Waals surface area contributed by atoms with Crippen LogP contribution in [-0.2, 0) is 12.8 Å². The highest BCUT2D eigenvalue weighted by molar-refractivity contribution is 8.04. The van der Waals surface area contributed by atoms with Crippen LogP contribution in [0.4, 0.5) is 0 Å². The number of aryl methyl sites for hydroxylation is 2. The summed E-state index contributed by atoms with van der Waals surface area (Å²) in [6.07, 6.45) is 27.1. The second-order valence-corrected chi connectivity index (χ2v) is 13.5. The molecular weight excluding hydrogens is 476 g/mol. The summed E-state index contributed by atoms with van der Waals surface area (Å²) in [6, 6.07) is 16.8. The van der Waals surface area contributed by atoms with Gasteiger partial charge in [-0.05, 0) is 94.2 Å². The van der Waals surface area contributed by atoms with Gasteiger partial charge in [0.05, 0.1) is 0 Å². The van der Waals surface area contributed by atoms with E-state index in [1.54, 1.807) is 32.8 Å². The standard InChI is InChI=1S/C37H36S/c1-23-17-20-34-33(21-23)31-15-8-16-32(37(31)38-34)36-29-13-6-4-11-27(29)35(28-12-5-7-14-30(28)36)26-19-18-24-9-2-3-10-25(24)22-26/h4-8,11-15,17-20,22-23,27,29,31-32,37H,2-3,9-10,16,21H2,1H3. The van der Waals surface area contributed by atoms with Crippen molar-refractivity contribution in [1.29, 1.82) is 0 Å². The first-order valence-electron chi connectivity index (χ1n) is 14.8. The minimum absolute atomic E-state index is 0.407. The summed E-state index contributed by atoms with van der Waals surface area (Å²) in [5.41, 5.74) is 9.54. The van der Waals surface area contributed by atoms with E-state index < -0.39 is 0 Å². The second kappa shape index (κ2) is 9.16. The summed E-state index contributed by atoms with van der Waals surface area (Å²) in [7, 11) is 0. The van der Waals surface area contributed by atoms with Crippen LogP contribution in [0.25, 0.3) is 11.1 Å². The van der Waals surface area contributed by atoms with Crippen LogP contribution in [0.3, 0.4) is 0 Å². The number of allylic oxidation sites excluding steroid dienone is 9. The Labute approximate surface area is 231 Å². The van der Waals surface area contributed by atoms with Gasteiger partial charge in [-0.1, -0.05) is 98.0 Å². The SMILES string of the molecule is CC1C=CC2=C(C1)C1C=CCC(C3=c4ccccc4=C(c4ccc5c(c4)CCCC5)C4C=CC=CC34)C1S2. The molecule has 6 atom stereocenters. The molecule has 1 heterocycles. The average molecular weight is 513 g/mol. The Bertz CT molecular complexity index is 1590. The fourth-order valence-corrected chi connectivity index (χ4v) is 9.93. The van der Waals surface area contributed by atoms with E-state index in [0.29, 0.717) is 34.8 Å². The van der Waals surface area contributed by atoms with Crippen LogP contribution in [0.2, 0.25) is 0 Å². The van der Waals surface area contributed by atoms with Crippen molar-refractivity contribution in [2.75, 3.05) is 0 Å². The van der Waals surface area contributed by atoms with Crippen LogP contribution in [-0.4, -0.2) is 5.25 Å². The van der Waals surface area contributed by atoms with Gasteiger partial charge < -0.3 is 0 Å². The Morgan fingerprint density at radius 2 is 1.61 bits per heavy atom. The maximum absolute atomic E-state index is 2.55. The van der Waals surface area contributed by atoms with Gasteiger partial charge in [0.25, 0.3) is 0 Å². The normalized spacial score (nSPS) is 32.6. The molecule has 0 fully saturated rings. The second-order valence-electron chi connectivity index (χ2n) is 12.2. The monoisotopic (exact) mass is 512 g/mol. The van der Waals surface area contributed by atoms with Crippen molar-refractivity contribution in [3.63, 3.8) is 0 Å². The van der Waals surface area contributed by atoms with Crippen LogP contribution in [0.1, 0.15) is 49.3 Å². The van der Waals surface area contributed by atoms with Crippen molar-refractivity contribution in [3.8, 4) is 0 Å². The summed E-state index contributed by atoms with van der Waals surface area (Å²) in [4.78, 5) is 1.57. The van der Waals surface area contributed by atoms with Gasteiger partial charge in [-0.2, -0.15) is 0 Å². The van der Waals surface area contributed by atoms with Gasteiger partial charge >= 0.3 is 0 Å². The first-order chi connectivity index (χ1) is 18.8. The molecule has 8 rings (SSSR count). The molecule has 0 nitrogen and oxygen atoms in total. The predicted molar refractivity (Wildman–Crippen MR) is 162 cm³/mol. The zero-order valence-corrected chi connectivity index (χ0v) is 23.1. The quantitative estimate of drug-likeness (QED) is 0.377. The molecule has 6 unspecified atom stereocenters. The van der Waals surface area contributed by atoms with E-state index in [-0.39, 0.29) is 0 Å². The predicted octanol–water partition coefficient (Wildman–Crippen LogP) is 7.44. The fraction of sp³-hybridized carbons (Fsp3) is 0.351. The third-order valence-corrected chi connectivity index (χ3v) is 11.5. The van der Waals surface area contributed by atoms with Gasteiger partial charge in [-0.25, -0.2) is 0 Å². The van der Waals surface area contributed by atoms with Gasteiger partial charge in [0.15, 0.2) is 0 Å². The van der Waals surface area contributed by atoms with Gasteiger partial charge in [-0.3, -0.25) is 0 Å². The lowest BCUT2D eigenvalue weighted by Crippen LogP contribution is -2.44. The van der Waals surface area contributed by atoms with E-state index in [2.05, 4.69) is 110 Å². The van der Waals surface area contributed by atoms with Crippen LogP contribution < -0.4 is 10.4 Å². The number of fused-ring (bicyclic) bond motifs is 5. The number of thioether (sulfide) groups is 1.